The van der Waals surface area contributed by atoms with Crippen LogP contribution < -0.4 is 5.32 Å². The molecule has 3 saturated heterocycles. The van der Waals surface area contributed by atoms with E-state index in [2.05, 4.69) is 10.2 Å². The molecule has 1 unspecified atom stereocenters. The summed E-state index contributed by atoms with van der Waals surface area (Å²) < 4.78 is 11.0. The number of hydrogen-bond acceptors (Lipinski definition) is 8. The van der Waals surface area contributed by atoms with Crippen molar-refractivity contribution in [2.24, 2.45) is 5.41 Å². The minimum Gasteiger partial charge on any atom is -0.478 e. The van der Waals surface area contributed by atoms with Gasteiger partial charge in [0.15, 0.2) is 0 Å². The lowest BCUT2D eigenvalue weighted by Gasteiger charge is -2.44. The summed E-state index contributed by atoms with van der Waals surface area (Å²) in [6.07, 6.45) is 5.82. The fourth-order valence-corrected chi connectivity index (χ4v) is 6.91. The van der Waals surface area contributed by atoms with Crippen LogP contribution >= 0.6 is 11.3 Å². The highest BCUT2D eigenvalue weighted by Crippen LogP contribution is 2.46. The largest absolute Gasteiger partial charge is 0.478 e. The first kappa shape index (κ1) is 29.1. The van der Waals surface area contributed by atoms with Gasteiger partial charge in [0.25, 0.3) is 5.91 Å². The average molecular weight is 562 g/mol. The van der Waals surface area contributed by atoms with Crippen LogP contribution in [0.5, 0.6) is 0 Å². The number of nitrogens with one attached hydrogen (secondary N) is 1. The summed E-state index contributed by atoms with van der Waals surface area (Å²) in [5.74, 6) is -1.41. The number of esters is 1. The summed E-state index contributed by atoms with van der Waals surface area (Å²) in [6, 6.07) is 1.88. The Hall–Kier alpha value is -2.92. The molecule has 2 amide bonds. The summed E-state index contributed by atoms with van der Waals surface area (Å²) in [5, 5.41) is 12.0. The van der Waals surface area contributed by atoms with Gasteiger partial charge in [0.05, 0.1) is 11.0 Å². The molecular formula is C28H39N3O7S. The third-order valence-electron chi connectivity index (χ3n) is 7.43. The fraction of sp³-hybridized carbons (Fsp3) is 0.643. The van der Waals surface area contributed by atoms with E-state index in [-0.39, 0.29) is 17.9 Å². The molecule has 4 rings (SSSR count). The van der Waals surface area contributed by atoms with Crippen molar-refractivity contribution in [2.45, 2.75) is 84.0 Å². The molecular weight excluding hydrogens is 522 g/mol. The van der Waals surface area contributed by atoms with E-state index in [1.54, 1.807) is 31.7 Å². The van der Waals surface area contributed by atoms with Gasteiger partial charge in [0.1, 0.15) is 16.2 Å². The van der Waals surface area contributed by atoms with Crippen LogP contribution in [-0.2, 0) is 19.1 Å². The summed E-state index contributed by atoms with van der Waals surface area (Å²) in [6.45, 7) is 11.9. The second-order valence-electron chi connectivity index (χ2n) is 12.4. The number of ether oxygens (including phenoxy) is 2. The predicted octanol–water partition coefficient (Wildman–Crippen LogP) is 4.61. The summed E-state index contributed by atoms with van der Waals surface area (Å²) in [7, 11) is 0. The van der Waals surface area contributed by atoms with Crippen LogP contribution in [0.25, 0.3) is 6.08 Å². The van der Waals surface area contributed by atoms with Crippen LogP contribution in [0.4, 0.5) is 9.80 Å². The molecule has 0 saturated carbocycles. The summed E-state index contributed by atoms with van der Waals surface area (Å²) >= 11 is 1.12. The van der Waals surface area contributed by atoms with Crippen LogP contribution in [0.15, 0.2) is 12.1 Å². The third-order valence-corrected chi connectivity index (χ3v) is 8.44. The van der Waals surface area contributed by atoms with E-state index in [4.69, 9.17) is 14.6 Å². The standard InChI is InChI=1S/C28H39N3O7S/c1-26(2,3)38-25(36)29-22-20(15-19(39-22)7-8-21(32)33)23(34)30-13-9-18(10-14-30)31-12-6-11-28(17-31)16-27(4,5)37-24(28)35/h7-8,15,18H,6,9-14,16-17H2,1-5H3,(H,29,36)(H,32,33)/b8-7+. The third kappa shape index (κ3) is 7.00. The van der Waals surface area contributed by atoms with E-state index >= 15 is 0 Å². The SMILES string of the molecule is CC(C)(C)OC(=O)Nc1sc(/C=C/C(=O)O)cc1C(=O)N1CCC(N2CCCC3(C2)CC(C)(C)OC3=O)CC1. The molecule has 3 fully saturated rings. The minimum atomic E-state index is -1.10. The van der Waals surface area contributed by atoms with Gasteiger partial charge in [-0.25, -0.2) is 9.59 Å². The monoisotopic (exact) mass is 561 g/mol. The molecule has 4 heterocycles. The van der Waals surface area contributed by atoms with Crippen LogP contribution in [0.2, 0.25) is 0 Å². The lowest BCUT2D eigenvalue weighted by molar-refractivity contribution is -0.154. The molecule has 2 N–H and O–H groups in total. The number of carbonyl (C=O) groups is 4. The van der Waals surface area contributed by atoms with Gasteiger partial charge in [-0.05, 0) is 79.0 Å². The van der Waals surface area contributed by atoms with Crippen LogP contribution in [0.1, 0.15) is 82.0 Å². The Morgan fingerprint density at radius 3 is 2.49 bits per heavy atom. The average Bonchev–Trinajstić information content (AvgIpc) is 3.32. The maximum Gasteiger partial charge on any atom is 0.412 e. The highest BCUT2D eigenvalue weighted by molar-refractivity contribution is 7.17. The predicted molar refractivity (Wildman–Crippen MR) is 148 cm³/mol. The van der Waals surface area contributed by atoms with Gasteiger partial charge in [0, 0.05) is 43.1 Å². The molecule has 0 radical (unpaired) electrons. The molecule has 3 aliphatic rings. The van der Waals surface area contributed by atoms with E-state index in [0.717, 1.165) is 56.1 Å². The molecule has 10 nitrogen and oxygen atoms in total. The number of rotatable bonds is 5. The second kappa shape index (κ2) is 10.9. The van der Waals surface area contributed by atoms with Crippen molar-refractivity contribution in [3.8, 4) is 0 Å². The molecule has 3 aliphatic heterocycles. The number of piperidine rings is 2. The van der Waals surface area contributed by atoms with Crippen LogP contribution in [-0.4, -0.2) is 82.3 Å². The normalized spacial score (nSPS) is 24.2. The molecule has 0 bridgehead atoms. The van der Waals surface area contributed by atoms with Crippen molar-refractivity contribution >= 4 is 46.4 Å². The molecule has 0 aromatic carbocycles. The Balaban J connectivity index is 1.43. The number of thiophene rings is 1. The number of anilines is 1. The number of amides is 2. The van der Waals surface area contributed by atoms with Crippen molar-refractivity contribution in [2.75, 3.05) is 31.5 Å². The van der Waals surface area contributed by atoms with Gasteiger partial charge in [-0.15, -0.1) is 11.3 Å². The van der Waals surface area contributed by atoms with E-state index in [1.807, 2.05) is 13.8 Å². The first-order valence-electron chi connectivity index (χ1n) is 13.5. The highest BCUT2D eigenvalue weighted by atomic mass is 32.1. The zero-order chi connectivity index (χ0) is 28.6. The molecule has 1 aromatic rings. The van der Waals surface area contributed by atoms with Gasteiger partial charge in [0.2, 0.25) is 0 Å². The molecule has 11 heteroatoms. The lowest BCUT2D eigenvalue weighted by Crippen LogP contribution is -2.53. The van der Waals surface area contributed by atoms with E-state index in [0.29, 0.717) is 35.1 Å². The van der Waals surface area contributed by atoms with Crippen molar-refractivity contribution in [3.63, 3.8) is 0 Å². The molecule has 1 aromatic heterocycles. The lowest BCUT2D eigenvalue weighted by atomic mass is 9.74. The minimum absolute atomic E-state index is 0.0833. The van der Waals surface area contributed by atoms with Crippen molar-refractivity contribution in [1.82, 2.24) is 9.80 Å². The smallest absolute Gasteiger partial charge is 0.412 e. The molecule has 39 heavy (non-hydrogen) atoms. The van der Waals surface area contributed by atoms with E-state index < -0.39 is 28.7 Å². The number of cyclic esters (lactones) is 1. The van der Waals surface area contributed by atoms with E-state index in [9.17, 15) is 19.2 Å². The van der Waals surface area contributed by atoms with Crippen LogP contribution in [0, 0.1) is 5.41 Å². The number of aliphatic carboxylic acids is 1. The van der Waals surface area contributed by atoms with Gasteiger partial charge in [-0.2, -0.15) is 0 Å². The van der Waals surface area contributed by atoms with Crippen molar-refractivity contribution < 1.29 is 33.8 Å². The zero-order valence-corrected chi connectivity index (χ0v) is 24.2. The molecule has 214 valence electrons. The summed E-state index contributed by atoms with van der Waals surface area (Å²) in [4.78, 5) is 54.5. The van der Waals surface area contributed by atoms with Gasteiger partial charge in [-0.1, -0.05) is 0 Å². The number of hydrogen-bond donors (Lipinski definition) is 2. The van der Waals surface area contributed by atoms with Gasteiger partial charge < -0.3 is 19.5 Å². The fourth-order valence-electron chi connectivity index (χ4n) is 5.97. The number of carbonyl (C=O) groups excluding carboxylic acids is 3. The second-order valence-corrected chi connectivity index (χ2v) is 13.5. The number of likely N-dealkylation sites (tertiary alicyclic amines) is 2. The van der Waals surface area contributed by atoms with Gasteiger partial charge >= 0.3 is 18.0 Å². The highest BCUT2D eigenvalue weighted by Gasteiger charge is 2.54. The Morgan fingerprint density at radius 2 is 1.90 bits per heavy atom. The Bertz CT molecular complexity index is 1160. The number of carboxylic acids is 1. The topological polar surface area (TPSA) is 125 Å². The maximum absolute atomic E-state index is 13.6. The Labute approximate surface area is 233 Å². The van der Waals surface area contributed by atoms with Crippen molar-refractivity contribution in [3.05, 3.63) is 22.6 Å². The zero-order valence-electron chi connectivity index (χ0n) is 23.4. The number of nitrogens with zero attached hydrogens (tertiary/aromatic N) is 2. The molecule has 1 spiro atoms. The maximum atomic E-state index is 13.6. The first-order valence-corrected chi connectivity index (χ1v) is 14.3. The van der Waals surface area contributed by atoms with Crippen molar-refractivity contribution in [1.29, 1.82) is 0 Å². The molecule has 1 atom stereocenters. The number of carboxylic acid groups (broad SMARTS) is 1. The quantitative estimate of drug-likeness (QED) is 0.395. The summed E-state index contributed by atoms with van der Waals surface area (Å²) in [5.41, 5.74) is -1.27. The van der Waals surface area contributed by atoms with E-state index in [1.165, 1.54) is 6.08 Å². The van der Waals surface area contributed by atoms with Gasteiger partial charge in [-0.3, -0.25) is 19.8 Å². The Kier molecular flexibility index (Phi) is 8.14. The molecule has 0 aliphatic carbocycles. The first-order chi connectivity index (χ1) is 18.2. The Morgan fingerprint density at radius 1 is 1.21 bits per heavy atom. The van der Waals surface area contributed by atoms with Crippen LogP contribution in [0.3, 0.4) is 0 Å².